The highest BCUT2D eigenvalue weighted by Gasteiger charge is 1.97. The Bertz CT molecular complexity index is 227. The third-order valence-electron chi connectivity index (χ3n) is 0.967. The lowest BCUT2D eigenvalue weighted by atomic mass is 10.5. The summed E-state index contributed by atoms with van der Waals surface area (Å²) in [5.74, 6) is 0.801. The molecule has 0 aliphatic carbocycles. The molecule has 11 heavy (non-hydrogen) atoms. The van der Waals surface area contributed by atoms with Gasteiger partial charge in [0.05, 0.1) is 6.20 Å². The Labute approximate surface area is 76.4 Å². The molecule has 0 aromatic carbocycles. The average molecular weight is 190 g/mol. The van der Waals surface area contributed by atoms with Gasteiger partial charge in [-0.05, 0) is 18.3 Å². The number of halogens is 1. The number of nitrogens with two attached hydrogens (primary N) is 1. The van der Waals surface area contributed by atoms with Crippen molar-refractivity contribution in [3.63, 3.8) is 0 Å². The minimum Gasteiger partial charge on any atom is -1.00 e. The molecule has 0 aliphatic rings. The van der Waals surface area contributed by atoms with Gasteiger partial charge in [0.2, 0.25) is 0 Å². The van der Waals surface area contributed by atoms with Crippen LogP contribution < -0.4 is 28.4 Å². The van der Waals surface area contributed by atoms with E-state index >= 15 is 0 Å². The lowest BCUT2D eigenvalue weighted by molar-refractivity contribution is -0.360. The number of H-pyrrole nitrogens is 1. The monoisotopic (exact) mass is 189 g/mol. The van der Waals surface area contributed by atoms with Crippen molar-refractivity contribution in [1.29, 1.82) is 0 Å². The van der Waals surface area contributed by atoms with Gasteiger partial charge in [0, 0.05) is 6.07 Å². The Hall–Kier alpha value is -0.870. The minimum atomic E-state index is 0. The second-order valence-corrected chi connectivity index (χ2v) is 2.21. The fourth-order valence-corrected chi connectivity index (χ4v) is 0.714. The van der Waals surface area contributed by atoms with Crippen LogP contribution in [0, 0.1) is 0 Å². The van der Waals surface area contributed by atoms with Crippen molar-refractivity contribution in [3.05, 3.63) is 24.4 Å². The van der Waals surface area contributed by atoms with Crippen LogP contribution in [0.4, 0.5) is 5.82 Å². The molecule has 3 nitrogen and oxygen atoms in total. The van der Waals surface area contributed by atoms with E-state index in [1.165, 1.54) is 0 Å². The maximum Gasteiger partial charge on any atom is 0.279 e. The number of anilines is 1. The van der Waals surface area contributed by atoms with Crippen LogP contribution in [0.15, 0.2) is 24.4 Å². The van der Waals surface area contributed by atoms with E-state index in [1.807, 2.05) is 18.2 Å². The molecule has 5 heteroatoms. The Kier molecular flexibility index (Phi) is 4.49. The summed E-state index contributed by atoms with van der Waals surface area (Å²) in [6.45, 7) is 0. The van der Waals surface area contributed by atoms with Crippen molar-refractivity contribution in [3.8, 4) is 0 Å². The van der Waals surface area contributed by atoms with Gasteiger partial charge in [-0.15, -0.1) is 0 Å². The Morgan fingerprint density at radius 3 is 2.73 bits per heavy atom. The highest BCUT2D eigenvalue weighted by Crippen LogP contribution is 1.92. The normalized spacial score (nSPS) is 8.00. The highest BCUT2D eigenvalue weighted by molar-refractivity contribution is 7.80. The molecular formula is C6H8ClN3S. The van der Waals surface area contributed by atoms with Gasteiger partial charge in [0.1, 0.15) is 0 Å². The summed E-state index contributed by atoms with van der Waals surface area (Å²) in [7, 11) is 0. The third-order valence-corrected chi connectivity index (χ3v) is 1.07. The first-order chi connectivity index (χ1) is 4.79. The summed E-state index contributed by atoms with van der Waals surface area (Å²) in [6, 6.07) is 5.61. The minimum absolute atomic E-state index is 0. The van der Waals surface area contributed by atoms with Crippen molar-refractivity contribution in [1.82, 2.24) is 0 Å². The molecule has 0 fully saturated rings. The molecule has 1 heterocycles. The fraction of sp³-hybridized carbons (Fsp3) is 0. The predicted molar refractivity (Wildman–Crippen MR) is 43.4 cm³/mol. The number of rotatable bonds is 1. The van der Waals surface area contributed by atoms with Gasteiger partial charge >= 0.3 is 0 Å². The molecule has 0 amide bonds. The molecule has 0 spiro atoms. The van der Waals surface area contributed by atoms with E-state index in [1.54, 1.807) is 6.20 Å². The van der Waals surface area contributed by atoms with E-state index in [0.29, 0.717) is 0 Å². The molecule has 1 rings (SSSR count). The van der Waals surface area contributed by atoms with Crippen LogP contribution in [-0.2, 0) is 0 Å². The molecule has 0 aliphatic heterocycles. The summed E-state index contributed by atoms with van der Waals surface area (Å²) in [6.07, 6.45) is 1.79. The van der Waals surface area contributed by atoms with E-state index in [9.17, 15) is 0 Å². The zero-order chi connectivity index (χ0) is 7.40. The maximum absolute atomic E-state index is 5.22. The SMILES string of the molecule is NC(=S)Nc1cccc[nH+]1.[Cl-]. The van der Waals surface area contributed by atoms with Crippen molar-refractivity contribution >= 4 is 23.1 Å². The van der Waals surface area contributed by atoms with Crippen LogP contribution in [0.5, 0.6) is 0 Å². The standard InChI is InChI=1S/C6H7N3S.ClH/c7-6(10)9-5-3-1-2-4-8-5;/h1-4H,(H3,7,8,9,10);1H. The summed E-state index contributed by atoms with van der Waals surface area (Å²) in [4.78, 5) is 2.92. The second-order valence-electron chi connectivity index (χ2n) is 1.77. The van der Waals surface area contributed by atoms with Crippen LogP contribution in [0.3, 0.4) is 0 Å². The second kappa shape index (κ2) is 4.87. The van der Waals surface area contributed by atoms with Gasteiger partial charge in [-0.25, -0.2) is 10.3 Å². The summed E-state index contributed by atoms with van der Waals surface area (Å²) in [5.41, 5.74) is 5.22. The largest absolute Gasteiger partial charge is 1.00 e. The number of pyridine rings is 1. The quantitative estimate of drug-likeness (QED) is 0.468. The molecule has 1 aromatic rings. The van der Waals surface area contributed by atoms with Crippen LogP contribution >= 0.6 is 12.2 Å². The fourth-order valence-electron chi connectivity index (χ4n) is 0.604. The maximum atomic E-state index is 5.22. The highest BCUT2D eigenvalue weighted by atomic mass is 35.5. The van der Waals surface area contributed by atoms with Crippen LogP contribution in [-0.4, -0.2) is 5.11 Å². The van der Waals surface area contributed by atoms with E-state index < -0.39 is 0 Å². The van der Waals surface area contributed by atoms with Gasteiger partial charge in [-0.3, -0.25) is 0 Å². The molecule has 0 radical (unpaired) electrons. The summed E-state index contributed by atoms with van der Waals surface area (Å²) >= 11 is 4.62. The zero-order valence-corrected chi connectivity index (χ0v) is 7.25. The Morgan fingerprint density at radius 2 is 2.27 bits per heavy atom. The molecule has 0 saturated heterocycles. The molecule has 4 N–H and O–H groups in total. The first-order valence-electron chi connectivity index (χ1n) is 2.82. The van der Waals surface area contributed by atoms with E-state index in [2.05, 4.69) is 22.5 Å². The number of aromatic nitrogens is 1. The van der Waals surface area contributed by atoms with Gasteiger partial charge < -0.3 is 18.1 Å². The van der Waals surface area contributed by atoms with E-state index in [0.717, 1.165) is 5.82 Å². The average Bonchev–Trinajstić information content (AvgIpc) is 1.88. The summed E-state index contributed by atoms with van der Waals surface area (Å²) < 4.78 is 0. The molecule has 60 valence electrons. The Morgan fingerprint density at radius 1 is 1.55 bits per heavy atom. The molecule has 0 saturated carbocycles. The predicted octanol–water partition coefficient (Wildman–Crippen LogP) is -2.84. The topological polar surface area (TPSA) is 52.2 Å². The number of hydrogen-bond donors (Lipinski definition) is 2. The Balaban J connectivity index is 0.000001000. The van der Waals surface area contributed by atoms with Crippen molar-refractivity contribution < 1.29 is 17.4 Å². The van der Waals surface area contributed by atoms with Crippen LogP contribution in [0.25, 0.3) is 0 Å². The lowest BCUT2D eigenvalue weighted by Crippen LogP contribution is -3.00. The van der Waals surface area contributed by atoms with E-state index in [-0.39, 0.29) is 17.5 Å². The third kappa shape index (κ3) is 3.75. The van der Waals surface area contributed by atoms with E-state index in [4.69, 9.17) is 5.73 Å². The van der Waals surface area contributed by atoms with Crippen molar-refractivity contribution in [2.45, 2.75) is 0 Å². The zero-order valence-electron chi connectivity index (χ0n) is 5.67. The molecule has 0 unspecified atom stereocenters. The smallest absolute Gasteiger partial charge is 0.279 e. The lowest BCUT2D eigenvalue weighted by Gasteiger charge is -1.91. The van der Waals surface area contributed by atoms with Crippen molar-refractivity contribution in [2.75, 3.05) is 5.32 Å². The van der Waals surface area contributed by atoms with Crippen molar-refractivity contribution in [2.24, 2.45) is 5.73 Å². The van der Waals surface area contributed by atoms with Gasteiger partial charge in [0.25, 0.3) is 10.9 Å². The van der Waals surface area contributed by atoms with Gasteiger partial charge in [-0.1, -0.05) is 6.07 Å². The number of hydrogen-bond acceptors (Lipinski definition) is 1. The first kappa shape index (κ1) is 10.1. The van der Waals surface area contributed by atoms with Crippen LogP contribution in [0.2, 0.25) is 0 Å². The molecule has 0 bridgehead atoms. The van der Waals surface area contributed by atoms with Gasteiger partial charge in [-0.2, -0.15) is 0 Å². The van der Waals surface area contributed by atoms with Gasteiger partial charge in [0.15, 0.2) is 0 Å². The van der Waals surface area contributed by atoms with Crippen LogP contribution in [0.1, 0.15) is 0 Å². The molecule has 1 aromatic heterocycles. The number of aromatic amines is 1. The number of nitrogens with one attached hydrogen (secondary N) is 2. The first-order valence-corrected chi connectivity index (χ1v) is 3.23. The number of thiocarbonyl (C=S) groups is 1. The molecular weight excluding hydrogens is 182 g/mol. The summed E-state index contributed by atoms with van der Waals surface area (Å²) in [5, 5.41) is 3.02. The molecule has 0 atom stereocenters.